The molecule has 0 unspecified atom stereocenters. The first-order chi connectivity index (χ1) is 19.1. The van der Waals surface area contributed by atoms with Gasteiger partial charge in [-0.25, -0.2) is 14.4 Å². The number of cyclic esters (lactones) is 1. The highest BCUT2D eigenvalue weighted by Crippen LogP contribution is 2.72. The van der Waals surface area contributed by atoms with E-state index in [1.165, 1.54) is 29.9 Å². The minimum absolute atomic E-state index is 0.0169. The second-order valence-corrected chi connectivity index (χ2v) is 12.7. The lowest BCUT2D eigenvalue weighted by Gasteiger charge is -2.58. The van der Waals surface area contributed by atoms with Gasteiger partial charge in [0.25, 0.3) is 0 Å². The van der Waals surface area contributed by atoms with Crippen LogP contribution in [0.2, 0.25) is 0 Å². The molecule has 6 heterocycles. The summed E-state index contributed by atoms with van der Waals surface area (Å²) in [7, 11) is 0. The zero-order valence-corrected chi connectivity index (χ0v) is 22.3. The number of carbonyl (C=O) groups excluding carboxylic acids is 3. The molecule has 4 bridgehead atoms. The summed E-state index contributed by atoms with van der Waals surface area (Å²) in [5.41, 5.74) is -3.57. The third-order valence-electron chi connectivity index (χ3n) is 11.2. The number of aliphatic hydroxyl groups is 1. The lowest BCUT2D eigenvalue weighted by atomic mass is 9.51. The molecule has 214 valence electrons. The van der Waals surface area contributed by atoms with Crippen molar-refractivity contribution in [3.8, 4) is 0 Å². The van der Waals surface area contributed by atoms with Crippen molar-refractivity contribution in [3.63, 3.8) is 0 Å². The number of hydrogen-bond donors (Lipinski definition) is 1. The standard InChI is InChI=1S/C29H32O11/c1-15-6-8-26-13-34-23(33)21-28(40-21)9-10-35-27(20(31)22(32)39-24(27)28)7-4-3-5-19(30)38-16-12-18(37-17(26)11-15)29(14-36-29)25(16,26)2/h3-5,7,11,16-18,20-21,24,31H,6,8-10,12-14H2,1-2H3/b5-3-,7-4+/t16-,17-,18-,20-,21+,24+,25-,26-,27-,28+,29-/m1/s1. The Labute approximate surface area is 230 Å². The largest absolute Gasteiger partial charge is 0.463 e. The van der Waals surface area contributed by atoms with Crippen molar-refractivity contribution in [2.75, 3.05) is 19.8 Å². The maximum atomic E-state index is 13.6. The van der Waals surface area contributed by atoms with Crippen molar-refractivity contribution < 1.29 is 52.6 Å². The van der Waals surface area contributed by atoms with Crippen molar-refractivity contribution in [1.29, 1.82) is 0 Å². The number of esters is 3. The molecule has 0 radical (unpaired) electrons. The number of carbonyl (C=O) groups is 3. The molecule has 3 spiro atoms. The van der Waals surface area contributed by atoms with Gasteiger partial charge >= 0.3 is 17.9 Å². The lowest BCUT2D eigenvalue weighted by molar-refractivity contribution is -0.233. The Morgan fingerprint density at radius 1 is 1.00 bits per heavy atom. The first-order valence-corrected chi connectivity index (χ1v) is 14.0. The van der Waals surface area contributed by atoms with Gasteiger partial charge in [-0.3, -0.25) is 0 Å². The molecule has 0 aromatic rings. The van der Waals surface area contributed by atoms with Crippen LogP contribution in [0.4, 0.5) is 0 Å². The van der Waals surface area contributed by atoms with Gasteiger partial charge in [-0.05, 0) is 25.8 Å². The molecule has 5 saturated heterocycles. The monoisotopic (exact) mass is 556 g/mol. The average Bonchev–Trinajstić information content (AvgIpc) is 3.83. The SMILES string of the molecule is CC1=C[C@H]2O[C@@H]3C[C@H]4OC(=O)/C=C\C=C\[C@]56OCC[C@@]7(O[C@H]7C(=O)OC[C@@]2(CC1)[C@]4(C)[C@@]31CO1)[C@H]5OC(=O)[C@H]6O. The maximum Gasteiger partial charge on any atom is 0.339 e. The summed E-state index contributed by atoms with van der Waals surface area (Å²) >= 11 is 0. The van der Waals surface area contributed by atoms with E-state index >= 15 is 0 Å². The number of rotatable bonds is 0. The predicted molar refractivity (Wildman–Crippen MR) is 131 cm³/mol. The summed E-state index contributed by atoms with van der Waals surface area (Å²) in [4.78, 5) is 39.2. The molecule has 40 heavy (non-hydrogen) atoms. The van der Waals surface area contributed by atoms with Gasteiger partial charge in [-0.15, -0.1) is 0 Å². The minimum Gasteiger partial charge on any atom is -0.463 e. The van der Waals surface area contributed by atoms with Crippen LogP contribution in [0.1, 0.15) is 39.5 Å². The molecule has 6 aliphatic heterocycles. The number of hydrogen-bond acceptors (Lipinski definition) is 11. The van der Waals surface area contributed by atoms with E-state index < -0.39 is 70.0 Å². The highest BCUT2D eigenvalue weighted by Gasteiger charge is 2.83. The normalized spacial score (nSPS) is 55.6. The van der Waals surface area contributed by atoms with Gasteiger partial charge in [-0.1, -0.05) is 30.7 Å². The van der Waals surface area contributed by atoms with Crippen molar-refractivity contribution in [3.05, 3.63) is 36.0 Å². The fraction of sp³-hybridized carbons (Fsp3) is 0.690. The van der Waals surface area contributed by atoms with Crippen LogP contribution >= 0.6 is 0 Å². The minimum atomic E-state index is -1.62. The third kappa shape index (κ3) is 2.85. The highest BCUT2D eigenvalue weighted by atomic mass is 16.7. The Kier molecular flexibility index (Phi) is 4.92. The first kappa shape index (κ1) is 25.2. The third-order valence-corrected chi connectivity index (χ3v) is 11.2. The van der Waals surface area contributed by atoms with Crippen molar-refractivity contribution in [2.24, 2.45) is 10.8 Å². The van der Waals surface area contributed by atoms with Crippen LogP contribution in [0.3, 0.4) is 0 Å². The Morgan fingerprint density at radius 2 is 1.82 bits per heavy atom. The summed E-state index contributed by atoms with van der Waals surface area (Å²) in [6.07, 6.45) is 5.27. The van der Waals surface area contributed by atoms with Gasteiger partial charge in [-0.2, -0.15) is 0 Å². The molecule has 8 aliphatic rings. The van der Waals surface area contributed by atoms with Gasteiger partial charge < -0.3 is 38.3 Å². The van der Waals surface area contributed by atoms with E-state index in [-0.39, 0.29) is 31.8 Å². The zero-order valence-electron chi connectivity index (χ0n) is 22.3. The van der Waals surface area contributed by atoms with Crippen molar-refractivity contribution in [2.45, 2.75) is 93.0 Å². The van der Waals surface area contributed by atoms with E-state index in [4.69, 9.17) is 33.2 Å². The van der Waals surface area contributed by atoms with Crippen LogP contribution in [0, 0.1) is 10.8 Å². The van der Waals surface area contributed by atoms with Crippen LogP contribution < -0.4 is 0 Å². The second-order valence-electron chi connectivity index (χ2n) is 12.7. The number of allylic oxidation sites excluding steroid dienone is 3. The molecule has 8 rings (SSSR count). The smallest absolute Gasteiger partial charge is 0.339 e. The Balaban J connectivity index is 1.22. The van der Waals surface area contributed by atoms with Crippen LogP contribution in [0.25, 0.3) is 0 Å². The fourth-order valence-electron chi connectivity index (χ4n) is 8.73. The van der Waals surface area contributed by atoms with Crippen LogP contribution in [-0.4, -0.2) is 96.3 Å². The summed E-state index contributed by atoms with van der Waals surface area (Å²) in [6, 6.07) is 0. The summed E-state index contributed by atoms with van der Waals surface area (Å²) in [5.74, 6) is -1.99. The molecule has 11 nitrogen and oxygen atoms in total. The molecular weight excluding hydrogens is 524 g/mol. The molecule has 11 heteroatoms. The second kappa shape index (κ2) is 7.83. The first-order valence-electron chi connectivity index (χ1n) is 14.0. The summed E-state index contributed by atoms with van der Waals surface area (Å²) < 4.78 is 42.4. The Morgan fingerprint density at radius 3 is 2.62 bits per heavy atom. The van der Waals surface area contributed by atoms with E-state index in [0.717, 1.165) is 6.42 Å². The quantitative estimate of drug-likeness (QED) is 0.196. The highest BCUT2D eigenvalue weighted by molar-refractivity contribution is 5.84. The topological polar surface area (TPSA) is 143 Å². The molecule has 6 fully saturated rings. The summed E-state index contributed by atoms with van der Waals surface area (Å²) in [6.45, 7) is 4.77. The van der Waals surface area contributed by atoms with Crippen LogP contribution in [0.5, 0.6) is 0 Å². The molecular formula is C29H32O11. The van der Waals surface area contributed by atoms with Gasteiger partial charge in [0, 0.05) is 24.3 Å². The van der Waals surface area contributed by atoms with Gasteiger partial charge in [0.15, 0.2) is 23.9 Å². The maximum absolute atomic E-state index is 13.6. The van der Waals surface area contributed by atoms with E-state index in [1.54, 1.807) is 0 Å². The fourth-order valence-corrected chi connectivity index (χ4v) is 8.73. The molecule has 0 amide bonds. The molecule has 1 saturated carbocycles. The van der Waals surface area contributed by atoms with E-state index in [9.17, 15) is 19.5 Å². The Bertz CT molecular complexity index is 1300. The molecule has 1 N–H and O–H groups in total. The average molecular weight is 557 g/mol. The van der Waals surface area contributed by atoms with Crippen molar-refractivity contribution in [1.82, 2.24) is 0 Å². The van der Waals surface area contributed by atoms with Gasteiger partial charge in [0.05, 0.1) is 30.8 Å². The number of ether oxygens (including phenoxy) is 7. The van der Waals surface area contributed by atoms with Crippen LogP contribution in [-0.2, 0) is 47.5 Å². The molecule has 11 atom stereocenters. The lowest BCUT2D eigenvalue weighted by Crippen LogP contribution is -2.67. The van der Waals surface area contributed by atoms with Gasteiger partial charge in [0.1, 0.15) is 23.9 Å². The van der Waals surface area contributed by atoms with E-state index in [0.29, 0.717) is 19.4 Å². The molecule has 0 aromatic heterocycles. The number of epoxide rings is 2. The van der Waals surface area contributed by atoms with Crippen molar-refractivity contribution >= 4 is 17.9 Å². The number of aliphatic hydroxyl groups excluding tert-OH is 1. The predicted octanol–water partition coefficient (Wildman–Crippen LogP) is 0.823. The molecule has 0 aromatic carbocycles. The summed E-state index contributed by atoms with van der Waals surface area (Å²) in [5, 5.41) is 10.8. The van der Waals surface area contributed by atoms with E-state index in [2.05, 4.69) is 19.9 Å². The zero-order chi connectivity index (χ0) is 27.7. The van der Waals surface area contributed by atoms with E-state index in [1.807, 2.05) is 0 Å². The van der Waals surface area contributed by atoms with Crippen LogP contribution in [0.15, 0.2) is 36.0 Å². The Hall–Kier alpha value is -2.57. The molecule has 2 aliphatic carbocycles. The van der Waals surface area contributed by atoms with Gasteiger partial charge in [0.2, 0.25) is 0 Å².